The van der Waals surface area contributed by atoms with E-state index in [0.29, 0.717) is 10.2 Å². The van der Waals surface area contributed by atoms with Crippen molar-refractivity contribution in [3.05, 3.63) is 28.2 Å². The third-order valence-electron chi connectivity index (χ3n) is 2.06. The average Bonchev–Trinajstić information content (AvgIpc) is 2.14. The van der Waals surface area contributed by atoms with Gasteiger partial charge in [0.2, 0.25) is 0 Å². The Hall–Kier alpha value is -0.480. The highest BCUT2D eigenvalue weighted by Gasteiger charge is 2.12. The number of nitrogens with two attached hydrogens (primary N) is 1. The standard InChI is InChI=1S/C10H14BrFN2/c1-2-3-4-9(13)10-8(12)5-7(11)6-14-10/h5-6,9H,2-4,13H2,1H3/t9-/m0/s1. The highest BCUT2D eigenvalue weighted by atomic mass is 79.9. The molecule has 0 aliphatic carbocycles. The molecule has 1 atom stereocenters. The quantitative estimate of drug-likeness (QED) is 0.904. The molecule has 0 unspecified atom stereocenters. The van der Waals surface area contributed by atoms with Gasteiger partial charge in [0.15, 0.2) is 0 Å². The van der Waals surface area contributed by atoms with Gasteiger partial charge in [-0.1, -0.05) is 19.8 Å². The van der Waals surface area contributed by atoms with E-state index in [1.165, 1.54) is 6.07 Å². The third-order valence-corrected chi connectivity index (χ3v) is 2.49. The first-order valence-electron chi connectivity index (χ1n) is 4.71. The van der Waals surface area contributed by atoms with Crippen LogP contribution in [0, 0.1) is 5.82 Å². The summed E-state index contributed by atoms with van der Waals surface area (Å²) in [7, 11) is 0. The van der Waals surface area contributed by atoms with Gasteiger partial charge in [-0.2, -0.15) is 0 Å². The smallest absolute Gasteiger partial charge is 0.147 e. The lowest BCUT2D eigenvalue weighted by atomic mass is 10.1. The molecule has 0 amide bonds. The lowest BCUT2D eigenvalue weighted by Crippen LogP contribution is -2.13. The summed E-state index contributed by atoms with van der Waals surface area (Å²) in [6.07, 6.45) is 4.41. The van der Waals surface area contributed by atoms with E-state index >= 15 is 0 Å². The maximum absolute atomic E-state index is 13.4. The van der Waals surface area contributed by atoms with Crippen LogP contribution in [0.1, 0.15) is 37.9 Å². The summed E-state index contributed by atoms with van der Waals surface area (Å²) in [5.74, 6) is -0.331. The first-order chi connectivity index (χ1) is 6.65. The zero-order chi connectivity index (χ0) is 10.6. The summed E-state index contributed by atoms with van der Waals surface area (Å²) in [6.45, 7) is 2.08. The molecule has 1 rings (SSSR count). The molecular formula is C10H14BrFN2. The summed E-state index contributed by atoms with van der Waals surface area (Å²) in [6, 6.07) is 1.11. The van der Waals surface area contributed by atoms with E-state index in [-0.39, 0.29) is 11.9 Å². The Morgan fingerprint density at radius 3 is 2.93 bits per heavy atom. The predicted molar refractivity (Wildman–Crippen MR) is 58.3 cm³/mol. The highest BCUT2D eigenvalue weighted by Crippen LogP contribution is 2.20. The lowest BCUT2D eigenvalue weighted by Gasteiger charge is -2.10. The fourth-order valence-electron chi connectivity index (χ4n) is 1.26. The highest BCUT2D eigenvalue weighted by molar-refractivity contribution is 9.10. The van der Waals surface area contributed by atoms with Gasteiger partial charge in [-0.15, -0.1) is 0 Å². The van der Waals surface area contributed by atoms with Crippen molar-refractivity contribution in [3.63, 3.8) is 0 Å². The molecule has 2 N–H and O–H groups in total. The molecule has 14 heavy (non-hydrogen) atoms. The van der Waals surface area contributed by atoms with Crippen molar-refractivity contribution in [2.75, 3.05) is 0 Å². The molecule has 0 fully saturated rings. The fraction of sp³-hybridized carbons (Fsp3) is 0.500. The molecule has 78 valence electrons. The molecule has 0 bridgehead atoms. The van der Waals surface area contributed by atoms with Crippen molar-refractivity contribution in [3.8, 4) is 0 Å². The number of nitrogens with zero attached hydrogens (tertiary/aromatic N) is 1. The first-order valence-corrected chi connectivity index (χ1v) is 5.51. The average molecular weight is 261 g/mol. The van der Waals surface area contributed by atoms with Gasteiger partial charge in [0.1, 0.15) is 5.82 Å². The van der Waals surface area contributed by atoms with Crippen LogP contribution in [0.15, 0.2) is 16.7 Å². The van der Waals surface area contributed by atoms with Gasteiger partial charge < -0.3 is 5.73 Å². The van der Waals surface area contributed by atoms with E-state index in [0.717, 1.165) is 19.3 Å². The monoisotopic (exact) mass is 260 g/mol. The van der Waals surface area contributed by atoms with E-state index in [4.69, 9.17) is 5.73 Å². The zero-order valence-electron chi connectivity index (χ0n) is 8.13. The van der Waals surface area contributed by atoms with Gasteiger partial charge in [-0.05, 0) is 28.4 Å². The van der Waals surface area contributed by atoms with Gasteiger partial charge in [-0.3, -0.25) is 4.98 Å². The van der Waals surface area contributed by atoms with Crippen molar-refractivity contribution in [2.24, 2.45) is 5.73 Å². The Morgan fingerprint density at radius 1 is 1.64 bits per heavy atom. The van der Waals surface area contributed by atoms with Gasteiger partial charge in [0.05, 0.1) is 5.69 Å². The SMILES string of the molecule is CCCC[C@H](N)c1ncc(Br)cc1F. The summed E-state index contributed by atoms with van der Waals surface area (Å²) in [5, 5.41) is 0. The number of halogens is 2. The zero-order valence-corrected chi connectivity index (χ0v) is 9.72. The van der Waals surface area contributed by atoms with Crippen LogP contribution in [0.25, 0.3) is 0 Å². The van der Waals surface area contributed by atoms with Crippen molar-refractivity contribution < 1.29 is 4.39 Å². The van der Waals surface area contributed by atoms with Crippen molar-refractivity contribution >= 4 is 15.9 Å². The minimum absolute atomic E-state index is 0.289. The molecule has 1 heterocycles. The van der Waals surface area contributed by atoms with Gasteiger partial charge >= 0.3 is 0 Å². The van der Waals surface area contributed by atoms with Crippen LogP contribution in [0.5, 0.6) is 0 Å². The predicted octanol–water partition coefficient (Wildman–Crippen LogP) is 3.17. The van der Waals surface area contributed by atoms with Crippen LogP contribution in [0.3, 0.4) is 0 Å². The second kappa shape index (κ2) is 5.41. The van der Waals surface area contributed by atoms with Gasteiger partial charge in [-0.25, -0.2) is 4.39 Å². The summed E-state index contributed by atoms with van der Waals surface area (Å²) >= 11 is 3.15. The van der Waals surface area contributed by atoms with E-state index in [9.17, 15) is 4.39 Å². The second-order valence-corrected chi connectivity index (χ2v) is 4.18. The molecule has 1 aromatic heterocycles. The third kappa shape index (κ3) is 3.03. The molecule has 0 radical (unpaired) electrons. The van der Waals surface area contributed by atoms with Crippen LogP contribution >= 0.6 is 15.9 Å². The molecule has 0 aliphatic heterocycles. The second-order valence-electron chi connectivity index (χ2n) is 3.27. The number of rotatable bonds is 4. The number of hydrogen-bond acceptors (Lipinski definition) is 2. The largest absolute Gasteiger partial charge is 0.323 e. The van der Waals surface area contributed by atoms with Crippen LogP contribution in [0.4, 0.5) is 4.39 Å². The van der Waals surface area contributed by atoms with Crippen LogP contribution < -0.4 is 5.73 Å². The summed E-state index contributed by atoms with van der Waals surface area (Å²) in [4.78, 5) is 3.98. The van der Waals surface area contributed by atoms with Crippen molar-refractivity contribution in [2.45, 2.75) is 32.2 Å². The van der Waals surface area contributed by atoms with Crippen molar-refractivity contribution in [1.29, 1.82) is 0 Å². The van der Waals surface area contributed by atoms with E-state index in [2.05, 4.69) is 27.8 Å². The molecule has 1 aromatic rings. The maximum Gasteiger partial charge on any atom is 0.147 e. The van der Waals surface area contributed by atoms with E-state index < -0.39 is 0 Å². The first kappa shape index (κ1) is 11.6. The topological polar surface area (TPSA) is 38.9 Å². The number of unbranched alkanes of at least 4 members (excludes halogenated alkanes) is 1. The molecule has 4 heteroatoms. The van der Waals surface area contributed by atoms with Crippen molar-refractivity contribution in [1.82, 2.24) is 4.98 Å². The Labute approximate surface area is 91.8 Å². The summed E-state index contributed by atoms with van der Waals surface area (Å²) < 4.78 is 14.0. The molecule has 0 spiro atoms. The van der Waals surface area contributed by atoms with Gasteiger partial charge in [0, 0.05) is 16.7 Å². The molecular weight excluding hydrogens is 247 g/mol. The van der Waals surface area contributed by atoms with E-state index in [1.807, 2.05) is 0 Å². The van der Waals surface area contributed by atoms with Gasteiger partial charge in [0.25, 0.3) is 0 Å². The van der Waals surface area contributed by atoms with Crippen LogP contribution in [0.2, 0.25) is 0 Å². The fourth-order valence-corrected chi connectivity index (χ4v) is 1.56. The number of hydrogen-bond donors (Lipinski definition) is 1. The Balaban J connectivity index is 2.74. The minimum atomic E-state index is -0.331. The normalized spacial score (nSPS) is 12.9. The molecule has 0 saturated heterocycles. The Morgan fingerprint density at radius 2 is 2.36 bits per heavy atom. The number of pyridine rings is 1. The Kier molecular flexibility index (Phi) is 4.48. The minimum Gasteiger partial charge on any atom is -0.323 e. The number of aromatic nitrogens is 1. The lowest BCUT2D eigenvalue weighted by molar-refractivity contribution is 0.531. The van der Waals surface area contributed by atoms with Crippen LogP contribution in [-0.2, 0) is 0 Å². The molecule has 2 nitrogen and oxygen atoms in total. The summed E-state index contributed by atoms with van der Waals surface area (Å²) in [5.41, 5.74) is 6.18. The van der Waals surface area contributed by atoms with Crippen LogP contribution in [-0.4, -0.2) is 4.98 Å². The molecule has 0 aliphatic rings. The Bertz CT molecular complexity index is 304. The molecule has 0 aromatic carbocycles. The molecule has 0 saturated carbocycles. The maximum atomic E-state index is 13.4. The van der Waals surface area contributed by atoms with E-state index in [1.54, 1.807) is 6.20 Å².